The lowest BCUT2D eigenvalue weighted by atomic mass is 9.56. The van der Waals surface area contributed by atoms with Crippen molar-refractivity contribution in [3.05, 3.63) is 35.4 Å². The quantitative estimate of drug-likeness (QED) is 0.755. The van der Waals surface area contributed by atoms with Crippen LogP contribution in [0.1, 0.15) is 46.3 Å². The monoisotopic (exact) mass is 401 g/mol. The van der Waals surface area contributed by atoms with E-state index in [1.54, 1.807) is 0 Å². The number of carbonyl (C=O) groups excluding carboxylic acids is 1. The molecule has 1 saturated heterocycles. The molecule has 1 fully saturated rings. The van der Waals surface area contributed by atoms with Crippen molar-refractivity contribution in [3.63, 3.8) is 0 Å². The number of fused-ring (bicyclic) bond motifs is 3. The Morgan fingerprint density at radius 3 is 2.79 bits per heavy atom. The van der Waals surface area contributed by atoms with Crippen LogP contribution in [0.25, 0.3) is 0 Å². The van der Waals surface area contributed by atoms with Crippen molar-refractivity contribution in [1.29, 1.82) is 0 Å². The summed E-state index contributed by atoms with van der Waals surface area (Å²) in [4.78, 5) is 12.1. The van der Waals surface area contributed by atoms with E-state index in [4.69, 9.17) is 18.9 Å². The van der Waals surface area contributed by atoms with Crippen LogP contribution in [-0.2, 0) is 9.47 Å². The highest BCUT2D eigenvalue weighted by molar-refractivity contribution is 5.67. The molecule has 3 aliphatic rings. The summed E-state index contributed by atoms with van der Waals surface area (Å²) in [5.41, 5.74) is 2.20. The van der Waals surface area contributed by atoms with Gasteiger partial charge in [0.15, 0.2) is 11.5 Å². The highest BCUT2D eigenvalue weighted by Gasteiger charge is 2.54. The molecule has 0 spiro atoms. The van der Waals surface area contributed by atoms with E-state index < -0.39 is 0 Å². The van der Waals surface area contributed by atoms with Gasteiger partial charge in [0.05, 0.1) is 12.7 Å². The van der Waals surface area contributed by atoms with Crippen molar-refractivity contribution in [3.8, 4) is 11.5 Å². The van der Waals surface area contributed by atoms with Crippen molar-refractivity contribution in [2.75, 3.05) is 20.0 Å². The normalized spacial score (nSPS) is 32.7. The van der Waals surface area contributed by atoms with Crippen LogP contribution in [0.2, 0.25) is 0 Å². The average molecular weight is 402 g/mol. The molecule has 1 N–H and O–H groups in total. The lowest BCUT2D eigenvalue weighted by Crippen LogP contribution is -2.55. The second kappa shape index (κ2) is 7.56. The smallest absolute Gasteiger partial charge is 0.407 e. The molecule has 6 nitrogen and oxygen atoms in total. The van der Waals surface area contributed by atoms with Gasteiger partial charge in [0.25, 0.3) is 0 Å². The molecule has 2 aliphatic heterocycles. The number of hydrogen-bond acceptors (Lipinski definition) is 5. The van der Waals surface area contributed by atoms with E-state index in [0.717, 1.165) is 17.1 Å². The third-order valence-electron chi connectivity index (χ3n) is 6.85. The van der Waals surface area contributed by atoms with Crippen LogP contribution >= 0.6 is 0 Å². The van der Waals surface area contributed by atoms with Crippen LogP contribution in [-0.4, -0.2) is 32.1 Å². The fourth-order valence-electron chi connectivity index (χ4n) is 5.13. The summed E-state index contributed by atoms with van der Waals surface area (Å²) in [6, 6.07) is 6.10. The van der Waals surface area contributed by atoms with E-state index in [2.05, 4.69) is 38.2 Å². The Labute approximate surface area is 172 Å². The molecule has 0 radical (unpaired) electrons. The summed E-state index contributed by atoms with van der Waals surface area (Å²) in [5.74, 6) is 2.34. The standard InChI is InChI=1S/C23H31NO5/c1-13(2)24-22(25)27-11-23-10-26-21(20(16(23)5)14(3)8-15(23)4)17-6-7-18-19(9-17)29-12-28-18/h6-9,13,15-16,20-21H,10-12H2,1-5H3,(H,24,25)/t15?,16-,20?,21?,23-/m0/s1. The predicted octanol–water partition coefficient (Wildman–Crippen LogP) is 4.46. The van der Waals surface area contributed by atoms with Gasteiger partial charge in [-0.2, -0.15) is 0 Å². The van der Waals surface area contributed by atoms with Crippen molar-refractivity contribution >= 4 is 6.09 Å². The van der Waals surface area contributed by atoms with Crippen LogP contribution < -0.4 is 14.8 Å². The average Bonchev–Trinajstić information content (AvgIpc) is 3.12. The Morgan fingerprint density at radius 1 is 1.28 bits per heavy atom. The van der Waals surface area contributed by atoms with E-state index in [-0.39, 0.29) is 42.3 Å². The van der Waals surface area contributed by atoms with Gasteiger partial charge in [-0.05, 0) is 50.3 Å². The zero-order valence-electron chi connectivity index (χ0n) is 17.9. The van der Waals surface area contributed by atoms with Crippen molar-refractivity contribution in [2.45, 2.75) is 46.8 Å². The van der Waals surface area contributed by atoms with Crippen molar-refractivity contribution in [1.82, 2.24) is 5.32 Å². The molecule has 1 aromatic rings. The number of alkyl carbamates (subject to hydrolysis) is 1. The lowest BCUT2D eigenvalue weighted by molar-refractivity contribution is -0.165. The van der Waals surface area contributed by atoms with Gasteiger partial charge < -0.3 is 24.3 Å². The fourth-order valence-corrected chi connectivity index (χ4v) is 5.13. The summed E-state index contributed by atoms with van der Waals surface area (Å²) in [6.45, 7) is 11.7. The van der Waals surface area contributed by atoms with Crippen LogP contribution in [0, 0.1) is 23.2 Å². The number of rotatable bonds is 4. The Balaban J connectivity index is 1.58. The second-order valence-corrected chi connectivity index (χ2v) is 8.97. The number of hydrogen-bond donors (Lipinski definition) is 1. The van der Waals surface area contributed by atoms with Gasteiger partial charge in [-0.3, -0.25) is 0 Å². The summed E-state index contributed by atoms with van der Waals surface area (Å²) in [7, 11) is 0. The molecule has 1 aliphatic carbocycles. The maximum atomic E-state index is 12.1. The summed E-state index contributed by atoms with van der Waals surface area (Å²) >= 11 is 0. The summed E-state index contributed by atoms with van der Waals surface area (Å²) < 4.78 is 23.1. The maximum absolute atomic E-state index is 12.1. The lowest BCUT2D eigenvalue weighted by Gasteiger charge is -2.55. The van der Waals surface area contributed by atoms with Gasteiger partial charge in [0, 0.05) is 17.4 Å². The fraction of sp³-hybridized carbons (Fsp3) is 0.609. The first kappa shape index (κ1) is 20.1. The van der Waals surface area contributed by atoms with Crippen LogP contribution in [0.4, 0.5) is 4.79 Å². The van der Waals surface area contributed by atoms with Crippen LogP contribution in [0.3, 0.4) is 0 Å². The van der Waals surface area contributed by atoms with Crippen molar-refractivity contribution in [2.24, 2.45) is 23.2 Å². The van der Waals surface area contributed by atoms with Crippen LogP contribution in [0.15, 0.2) is 29.8 Å². The molecule has 4 rings (SSSR count). The highest BCUT2D eigenvalue weighted by Crippen LogP contribution is 2.56. The van der Waals surface area contributed by atoms with E-state index >= 15 is 0 Å². The van der Waals surface area contributed by atoms with Gasteiger partial charge >= 0.3 is 6.09 Å². The number of carbonyl (C=O) groups is 1. The predicted molar refractivity (Wildman–Crippen MR) is 109 cm³/mol. The topological polar surface area (TPSA) is 66.0 Å². The molecule has 1 aromatic carbocycles. The van der Waals surface area contributed by atoms with Gasteiger partial charge in [-0.1, -0.05) is 31.6 Å². The minimum atomic E-state index is -0.366. The van der Waals surface area contributed by atoms with Gasteiger partial charge in [0.1, 0.15) is 6.61 Å². The number of amides is 1. The third kappa shape index (κ3) is 3.48. The van der Waals surface area contributed by atoms with E-state index in [9.17, 15) is 4.79 Å². The van der Waals surface area contributed by atoms with Gasteiger partial charge in [0.2, 0.25) is 6.79 Å². The molecule has 0 saturated carbocycles. The molecule has 3 unspecified atom stereocenters. The van der Waals surface area contributed by atoms with Crippen molar-refractivity contribution < 1.29 is 23.7 Å². The zero-order valence-corrected chi connectivity index (χ0v) is 17.9. The number of nitrogens with one attached hydrogen (secondary N) is 1. The first-order valence-corrected chi connectivity index (χ1v) is 10.4. The molecule has 1 amide bonds. The highest BCUT2D eigenvalue weighted by atomic mass is 16.7. The molecule has 6 heteroatoms. The molecule has 2 heterocycles. The molecule has 29 heavy (non-hydrogen) atoms. The van der Waals surface area contributed by atoms with E-state index in [1.807, 2.05) is 26.0 Å². The van der Waals surface area contributed by atoms with E-state index in [1.165, 1.54) is 5.57 Å². The van der Waals surface area contributed by atoms with Gasteiger partial charge in [-0.25, -0.2) is 4.79 Å². The Morgan fingerprint density at radius 2 is 2.03 bits per heavy atom. The minimum Gasteiger partial charge on any atom is -0.454 e. The largest absolute Gasteiger partial charge is 0.454 e. The zero-order chi connectivity index (χ0) is 20.8. The van der Waals surface area contributed by atoms with Crippen LogP contribution in [0.5, 0.6) is 11.5 Å². The molecule has 158 valence electrons. The number of benzene rings is 1. The SMILES string of the molecule is CC1=CC(C)[C@@]2(COC(=O)NC(C)C)COC(c3ccc4c(c3)OCO4)C1[C@@H]2C. The molecule has 0 aromatic heterocycles. The second-order valence-electron chi connectivity index (χ2n) is 8.97. The molecular formula is C23H31NO5. The minimum absolute atomic E-state index is 0.0501. The maximum Gasteiger partial charge on any atom is 0.407 e. The summed E-state index contributed by atoms with van der Waals surface area (Å²) in [6.07, 6.45) is 1.91. The first-order valence-electron chi connectivity index (χ1n) is 10.4. The summed E-state index contributed by atoms with van der Waals surface area (Å²) in [5, 5.41) is 2.81. The Bertz CT molecular complexity index is 819. The molecule has 5 atom stereocenters. The van der Waals surface area contributed by atoms with Gasteiger partial charge in [-0.15, -0.1) is 0 Å². The molecular weight excluding hydrogens is 370 g/mol. The number of allylic oxidation sites excluding steroid dienone is 1. The first-order chi connectivity index (χ1) is 13.8. The Kier molecular flexibility index (Phi) is 5.23. The van der Waals surface area contributed by atoms with E-state index in [0.29, 0.717) is 19.1 Å². The third-order valence-corrected chi connectivity index (χ3v) is 6.85. The molecule has 2 bridgehead atoms. The number of ether oxygens (including phenoxy) is 4. The Hall–Kier alpha value is -2.21.